The molecule has 0 saturated carbocycles. The summed E-state index contributed by atoms with van der Waals surface area (Å²) in [5, 5.41) is 3.03. The van der Waals surface area contributed by atoms with Crippen molar-refractivity contribution in [2.45, 2.75) is 51.6 Å². The zero-order chi connectivity index (χ0) is 25.3. The SMILES string of the molecule is CC1(C)OB(c2ccc(Cl)c3c(N(S(C)(=O)=O)S(C)(=O)=O)nn(C(F)C(F)F)c23)OC1(C)C. The lowest BCUT2D eigenvalue weighted by Crippen LogP contribution is -2.41. The van der Waals surface area contributed by atoms with E-state index in [4.69, 9.17) is 20.9 Å². The van der Waals surface area contributed by atoms with E-state index in [0.717, 1.165) is 0 Å². The molecule has 1 unspecified atom stereocenters. The third-order valence-electron chi connectivity index (χ3n) is 5.54. The number of hydrogen-bond acceptors (Lipinski definition) is 7. The van der Waals surface area contributed by atoms with Crippen LogP contribution >= 0.6 is 11.6 Å². The second kappa shape index (κ2) is 8.00. The maximum Gasteiger partial charge on any atom is 0.497 e. The summed E-state index contributed by atoms with van der Waals surface area (Å²) in [6.45, 7) is 6.92. The number of fused-ring (bicyclic) bond motifs is 1. The first kappa shape index (κ1) is 26.1. The molecular weight excluding hydrogens is 510 g/mol. The van der Waals surface area contributed by atoms with Gasteiger partial charge in [0.2, 0.25) is 20.0 Å². The first-order chi connectivity index (χ1) is 14.8. The smallest absolute Gasteiger partial charge is 0.399 e. The molecule has 0 spiro atoms. The number of sulfonamides is 2. The van der Waals surface area contributed by atoms with Gasteiger partial charge in [0.05, 0.1) is 39.6 Å². The van der Waals surface area contributed by atoms with Crippen molar-refractivity contribution in [2.24, 2.45) is 0 Å². The molecule has 0 bridgehead atoms. The molecule has 16 heteroatoms. The van der Waals surface area contributed by atoms with Crippen LogP contribution in [0.2, 0.25) is 5.02 Å². The number of nitrogens with zero attached hydrogens (tertiary/aromatic N) is 3. The second-order valence-electron chi connectivity index (χ2n) is 8.65. The molecule has 0 radical (unpaired) electrons. The summed E-state index contributed by atoms with van der Waals surface area (Å²) >= 11 is 6.23. The molecule has 1 aliphatic heterocycles. The first-order valence-electron chi connectivity index (χ1n) is 9.48. The van der Waals surface area contributed by atoms with Crippen LogP contribution in [0.25, 0.3) is 10.9 Å². The predicted octanol–water partition coefficient (Wildman–Crippen LogP) is 2.45. The molecule has 9 nitrogen and oxygen atoms in total. The van der Waals surface area contributed by atoms with Gasteiger partial charge in [-0.2, -0.15) is 0 Å². The zero-order valence-corrected chi connectivity index (χ0v) is 20.9. The van der Waals surface area contributed by atoms with Gasteiger partial charge < -0.3 is 9.31 Å². The van der Waals surface area contributed by atoms with Crippen LogP contribution in [0.15, 0.2) is 12.1 Å². The van der Waals surface area contributed by atoms with Gasteiger partial charge >= 0.3 is 7.12 Å². The van der Waals surface area contributed by atoms with E-state index < -0.39 is 56.9 Å². The fraction of sp³-hybridized carbons (Fsp3) is 0.588. The fourth-order valence-electron chi connectivity index (χ4n) is 3.38. The van der Waals surface area contributed by atoms with Crippen molar-refractivity contribution in [1.82, 2.24) is 9.78 Å². The number of anilines is 1. The van der Waals surface area contributed by atoms with E-state index in [-0.39, 0.29) is 29.8 Å². The summed E-state index contributed by atoms with van der Waals surface area (Å²) in [5.74, 6) is -0.846. The number of halogens is 4. The van der Waals surface area contributed by atoms with Crippen LogP contribution < -0.4 is 9.17 Å². The van der Waals surface area contributed by atoms with E-state index in [1.54, 1.807) is 27.7 Å². The third kappa shape index (κ3) is 4.45. The van der Waals surface area contributed by atoms with Gasteiger partial charge in [-0.3, -0.25) is 0 Å². The molecule has 1 atom stereocenters. The Kier molecular flexibility index (Phi) is 6.32. The van der Waals surface area contributed by atoms with E-state index in [9.17, 15) is 30.0 Å². The lowest BCUT2D eigenvalue weighted by molar-refractivity contribution is 0.00366. The number of alkyl halides is 3. The Balaban J connectivity index is 2.44. The van der Waals surface area contributed by atoms with Gasteiger partial charge in [-0.15, -0.1) is 8.81 Å². The molecule has 0 amide bonds. The fourth-order valence-corrected chi connectivity index (χ4v) is 6.47. The van der Waals surface area contributed by atoms with Gasteiger partial charge in [0.15, 0.2) is 5.82 Å². The molecule has 1 saturated heterocycles. The van der Waals surface area contributed by atoms with E-state index in [1.807, 2.05) is 0 Å². The van der Waals surface area contributed by atoms with Crippen LogP contribution in [-0.2, 0) is 29.4 Å². The summed E-state index contributed by atoms with van der Waals surface area (Å²) < 4.78 is 103. The van der Waals surface area contributed by atoms with E-state index in [2.05, 4.69) is 5.10 Å². The van der Waals surface area contributed by atoms with Crippen LogP contribution in [0.3, 0.4) is 0 Å². The molecular formula is C17H22BClF3N3O6S2. The molecule has 2 heterocycles. The Morgan fingerprint density at radius 1 is 1.03 bits per heavy atom. The van der Waals surface area contributed by atoms with Crippen LogP contribution in [0.1, 0.15) is 34.0 Å². The summed E-state index contributed by atoms with van der Waals surface area (Å²) in [6, 6.07) is 2.59. The molecule has 3 rings (SSSR count). The van der Waals surface area contributed by atoms with E-state index >= 15 is 0 Å². The monoisotopic (exact) mass is 531 g/mol. The Bertz CT molecular complexity index is 1270. The summed E-state index contributed by atoms with van der Waals surface area (Å²) in [6.07, 6.45) is -5.48. The van der Waals surface area contributed by atoms with Crippen LogP contribution in [0.4, 0.5) is 19.0 Å². The van der Waals surface area contributed by atoms with Gasteiger partial charge in [-0.1, -0.05) is 17.7 Å². The standard InChI is InChI=1S/C17H22BClF3N3O6S2/c1-16(2)17(3,4)31-18(30-16)9-7-8-10(19)11-12(9)24(14(22)13(20)21)23-15(11)25(32(5,26)27)33(6,28)29/h7-8,13-14H,1-6H3. The van der Waals surface area contributed by atoms with Crippen molar-refractivity contribution in [2.75, 3.05) is 16.2 Å². The minimum atomic E-state index is -4.55. The molecule has 33 heavy (non-hydrogen) atoms. The van der Waals surface area contributed by atoms with Crippen molar-refractivity contribution < 1.29 is 39.3 Å². The highest BCUT2D eigenvalue weighted by Gasteiger charge is 2.53. The van der Waals surface area contributed by atoms with Crippen molar-refractivity contribution in [3.05, 3.63) is 17.2 Å². The maximum absolute atomic E-state index is 14.7. The molecule has 184 valence electrons. The number of benzene rings is 1. The molecule has 1 aliphatic rings. The highest BCUT2D eigenvalue weighted by molar-refractivity contribution is 8.09. The lowest BCUT2D eigenvalue weighted by Gasteiger charge is -2.32. The van der Waals surface area contributed by atoms with Crippen molar-refractivity contribution in [1.29, 1.82) is 0 Å². The highest BCUT2D eigenvalue weighted by atomic mass is 35.5. The minimum Gasteiger partial charge on any atom is -0.399 e. The zero-order valence-electron chi connectivity index (χ0n) is 18.5. The lowest BCUT2D eigenvalue weighted by atomic mass is 9.77. The number of rotatable bonds is 6. The Morgan fingerprint density at radius 2 is 1.52 bits per heavy atom. The van der Waals surface area contributed by atoms with Crippen molar-refractivity contribution >= 4 is 60.9 Å². The Morgan fingerprint density at radius 3 is 1.94 bits per heavy atom. The van der Waals surface area contributed by atoms with Gasteiger partial charge in [0.1, 0.15) is 0 Å². The topological polar surface area (TPSA) is 108 Å². The Labute approximate surface area is 195 Å². The first-order valence-corrected chi connectivity index (χ1v) is 13.6. The van der Waals surface area contributed by atoms with Crippen LogP contribution in [0.5, 0.6) is 0 Å². The van der Waals surface area contributed by atoms with Gasteiger partial charge in [0, 0.05) is 5.46 Å². The number of aromatic nitrogens is 2. The molecule has 1 aromatic carbocycles. The molecule has 2 aromatic rings. The van der Waals surface area contributed by atoms with Gasteiger partial charge in [-0.05, 0) is 33.8 Å². The maximum atomic E-state index is 14.7. The second-order valence-corrected chi connectivity index (χ2v) is 12.9. The van der Waals surface area contributed by atoms with E-state index in [0.29, 0.717) is 12.5 Å². The van der Waals surface area contributed by atoms with Gasteiger partial charge in [0.25, 0.3) is 12.7 Å². The van der Waals surface area contributed by atoms with Crippen LogP contribution in [0, 0.1) is 0 Å². The third-order valence-corrected chi connectivity index (χ3v) is 9.03. The Hall–Kier alpha value is -1.55. The summed E-state index contributed by atoms with van der Waals surface area (Å²) in [4.78, 5) is 0. The minimum absolute atomic E-state index is 0.0112. The quantitative estimate of drug-likeness (QED) is 0.527. The van der Waals surface area contributed by atoms with Crippen molar-refractivity contribution in [3.63, 3.8) is 0 Å². The largest absolute Gasteiger partial charge is 0.497 e. The van der Waals surface area contributed by atoms with Crippen molar-refractivity contribution in [3.8, 4) is 0 Å². The van der Waals surface area contributed by atoms with Gasteiger partial charge in [-0.25, -0.2) is 34.7 Å². The predicted molar refractivity (Wildman–Crippen MR) is 119 cm³/mol. The highest BCUT2D eigenvalue weighted by Crippen LogP contribution is 2.40. The summed E-state index contributed by atoms with van der Waals surface area (Å²) in [5.41, 5.74) is -2.10. The van der Waals surface area contributed by atoms with E-state index in [1.165, 1.54) is 12.1 Å². The molecule has 1 aromatic heterocycles. The normalized spacial score (nSPS) is 19.4. The average Bonchev–Trinajstić information content (AvgIpc) is 3.07. The summed E-state index contributed by atoms with van der Waals surface area (Å²) in [7, 11) is -10.3. The average molecular weight is 532 g/mol. The molecule has 1 fully saturated rings. The molecule has 0 N–H and O–H groups in total. The number of hydrogen-bond donors (Lipinski definition) is 0. The van der Waals surface area contributed by atoms with Crippen LogP contribution in [-0.4, -0.2) is 63.9 Å². The molecule has 0 aliphatic carbocycles.